The molecule has 1 fully saturated rings. The predicted octanol–water partition coefficient (Wildman–Crippen LogP) is 0.961. The van der Waals surface area contributed by atoms with Gasteiger partial charge in [-0.25, -0.2) is 14.8 Å². The van der Waals surface area contributed by atoms with E-state index in [0.717, 1.165) is 27.8 Å². The summed E-state index contributed by atoms with van der Waals surface area (Å²) in [5.41, 5.74) is 0.261. The second kappa shape index (κ2) is 8.74. The molecule has 4 heterocycles. The molecule has 11 heteroatoms. The molecule has 1 aliphatic rings. The molecule has 2 atom stereocenters. The van der Waals surface area contributed by atoms with Gasteiger partial charge >= 0.3 is 5.69 Å². The third-order valence-electron chi connectivity index (χ3n) is 7.36. The Labute approximate surface area is 207 Å². The molecule has 0 bridgehead atoms. The number of hydrogen-bond acceptors (Lipinski definition) is 6. The van der Waals surface area contributed by atoms with Crippen LogP contribution >= 0.6 is 0 Å². The number of amides is 1. The summed E-state index contributed by atoms with van der Waals surface area (Å²) in [7, 11) is 2.99. The Morgan fingerprint density at radius 2 is 1.94 bits per heavy atom. The number of piperidine rings is 1. The van der Waals surface area contributed by atoms with E-state index in [9.17, 15) is 19.5 Å². The van der Waals surface area contributed by atoms with Gasteiger partial charge in [-0.05, 0) is 25.5 Å². The second-order valence-corrected chi connectivity index (χ2v) is 9.78. The number of nitrogens with zero attached hydrogens (tertiary/aromatic N) is 7. The first-order valence-electron chi connectivity index (χ1n) is 12.2. The molecule has 1 saturated heterocycles. The van der Waals surface area contributed by atoms with Crippen molar-refractivity contribution in [1.29, 1.82) is 0 Å². The molecular weight excluding hydrogens is 462 g/mol. The minimum Gasteiger partial charge on any atom is -0.386 e. The maximum atomic E-state index is 13.2. The molecule has 5 rings (SSSR count). The monoisotopic (exact) mass is 493 g/mol. The minimum absolute atomic E-state index is 0.0395. The van der Waals surface area contributed by atoms with Crippen LogP contribution in [-0.2, 0) is 31.9 Å². The standard InChI is InChI=1S/C25H31N7O4/c1-5-19-27-16-8-6-7-9-17(16)31(19)13-11-20(33)30-12-10-18(25(2,36)14-30)32-15-26-22-21(32)23(34)29(4)24(35)28(22)3/h6-9,15,18,36H,5,10-14H2,1-4H3/t18-,25-/m1/s1. The number of carbonyl (C=O) groups is 1. The summed E-state index contributed by atoms with van der Waals surface area (Å²) < 4.78 is 6.11. The Kier molecular flexibility index (Phi) is 5.82. The van der Waals surface area contributed by atoms with Crippen molar-refractivity contribution in [2.45, 2.75) is 51.3 Å². The van der Waals surface area contributed by atoms with Crippen LogP contribution in [0.5, 0.6) is 0 Å². The summed E-state index contributed by atoms with van der Waals surface area (Å²) >= 11 is 0. The molecule has 0 radical (unpaired) electrons. The van der Waals surface area contributed by atoms with E-state index in [1.165, 1.54) is 17.9 Å². The highest BCUT2D eigenvalue weighted by atomic mass is 16.3. The maximum absolute atomic E-state index is 13.2. The van der Waals surface area contributed by atoms with Gasteiger partial charge in [0, 0.05) is 40.0 Å². The van der Waals surface area contributed by atoms with Gasteiger partial charge < -0.3 is 19.1 Å². The van der Waals surface area contributed by atoms with Crippen LogP contribution in [0.15, 0.2) is 40.2 Å². The number of rotatable bonds is 5. The number of aryl methyl sites for hydroxylation is 3. The van der Waals surface area contributed by atoms with E-state index < -0.39 is 22.9 Å². The number of aliphatic hydroxyl groups is 1. The summed E-state index contributed by atoms with van der Waals surface area (Å²) in [6, 6.07) is 7.43. The smallest absolute Gasteiger partial charge is 0.332 e. The van der Waals surface area contributed by atoms with Gasteiger partial charge in [0.05, 0.1) is 29.9 Å². The number of para-hydroxylation sites is 2. The van der Waals surface area contributed by atoms with Crippen molar-refractivity contribution in [1.82, 2.24) is 33.1 Å². The van der Waals surface area contributed by atoms with E-state index in [4.69, 9.17) is 0 Å². The Morgan fingerprint density at radius 3 is 2.67 bits per heavy atom. The molecule has 4 aromatic rings. The van der Waals surface area contributed by atoms with Crippen molar-refractivity contribution in [3.8, 4) is 0 Å². The first-order valence-corrected chi connectivity index (χ1v) is 12.2. The number of carbonyl (C=O) groups excluding carboxylic acids is 1. The lowest BCUT2D eigenvalue weighted by Crippen LogP contribution is -2.54. The van der Waals surface area contributed by atoms with Crippen LogP contribution in [0.3, 0.4) is 0 Å². The number of imidazole rings is 2. The summed E-state index contributed by atoms with van der Waals surface area (Å²) in [4.78, 5) is 49.0. The fraction of sp³-hybridized carbons (Fsp3) is 0.480. The zero-order valence-corrected chi connectivity index (χ0v) is 21.0. The summed E-state index contributed by atoms with van der Waals surface area (Å²) in [5.74, 6) is 0.903. The molecule has 11 nitrogen and oxygen atoms in total. The van der Waals surface area contributed by atoms with Gasteiger partial charge in [0.25, 0.3) is 5.56 Å². The highest BCUT2D eigenvalue weighted by molar-refractivity contribution is 5.78. The topological polar surface area (TPSA) is 120 Å². The zero-order valence-electron chi connectivity index (χ0n) is 21.0. The number of likely N-dealkylation sites (tertiary alicyclic amines) is 1. The molecule has 0 aliphatic carbocycles. The number of aromatic nitrogens is 6. The largest absolute Gasteiger partial charge is 0.386 e. The Bertz CT molecular complexity index is 1590. The molecule has 0 saturated carbocycles. The first kappa shape index (κ1) is 24.0. The van der Waals surface area contributed by atoms with Crippen LogP contribution in [0, 0.1) is 0 Å². The van der Waals surface area contributed by atoms with Gasteiger partial charge in [-0.2, -0.15) is 0 Å². The minimum atomic E-state index is -1.29. The quantitative estimate of drug-likeness (QED) is 0.442. The molecule has 1 aliphatic heterocycles. The lowest BCUT2D eigenvalue weighted by atomic mass is 9.88. The molecule has 0 spiro atoms. The summed E-state index contributed by atoms with van der Waals surface area (Å²) in [6.07, 6.45) is 3.01. The maximum Gasteiger partial charge on any atom is 0.332 e. The van der Waals surface area contributed by atoms with E-state index >= 15 is 0 Å². The van der Waals surface area contributed by atoms with Crippen molar-refractivity contribution in [2.75, 3.05) is 13.1 Å². The molecular formula is C25H31N7O4. The van der Waals surface area contributed by atoms with Gasteiger partial charge in [-0.3, -0.25) is 18.7 Å². The van der Waals surface area contributed by atoms with Crippen LogP contribution in [0.1, 0.15) is 38.6 Å². The second-order valence-electron chi connectivity index (χ2n) is 9.78. The van der Waals surface area contributed by atoms with Gasteiger partial charge in [-0.1, -0.05) is 19.1 Å². The van der Waals surface area contributed by atoms with E-state index in [1.807, 2.05) is 31.2 Å². The highest BCUT2D eigenvalue weighted by Crippen LogP contribution is 2.33. The third-order valence-corrected chi connectivity index (χ3v) is 7.36. The van der Waals surface area contributed by atoms with Crippen molar-refractivity contribution in [3.05, 3.63) is 57.3 Å². The summed E-state index contributed by atoms with van der Waals surface area (Å²) in [6.45, 7) is 4.81. The fourth-order valence-corrected chi connectivity index (χ4v) is 5.42. The van der Waals surface area contributed by atoms with E-state index in [0.29, 0.717) is 25.9 Å². The first-order chi connectivity index (χ1) is 17.1. The van der Waals surface area contributed by atoms with E-state index in [2.05, 4.69) is 14.5 Å². The van der Waals surface area contributed by atoms with Crippen molar-refractivity contribution in [3.63, 3.8) is 0 Å². The van der Waals surface area contributed by atoms with Crippen LogP contribution in [0.25, 0.3) is 22.2 Å². The van der Waals surface area contributed by atoms with Crippen molar-refractivity contribution < 1.29 is 9.90 Å². The van der Waals surface area contributed by atoms with Crippen LogP contribution in [0.4, 0.5) is 0 Å². The van der Waals surface area contributed by atoms with Crippen molar-refractivity contribution >= 4 is 28.1 Å². The number of hydrogen-bond donors (Lipinski definition) is 1. The highest BCUT2D eigenvalue weighted by Gasteiger charge is 2.41. The van der Waals surface area contributed by atoms with Crippen LogP contribution in [0.2, 0.25) is 0 Å². The molecule has 1 aromatic carbocycles. The van der Waals surface area contributed by atoms with Gasteiger partial charge in [0.15, 0.2) is 11.2 Å². The molecule has 1 N–H and O–H groups in total. The van der Waals surface area contributed by atoms with Gasteiger partial charge in [0.2, 0.25) is 5.91 Å². The molecule has 36 heavy (non-hydrogen) atoms. The number of β-amino-alcohol motifs (C(OH)–C–C–N with tert-alkyl or cyclic N) is 1. The molecule has 1 amide bonds. The van der Waals surface area contributed by atoms with Crippen LogP contribution in [-0.4, -0.2) is 62.8 Å². The van der Waals surface area contributed by atoms with Gasteiger partial charge in [0.1, 0.15) is 11.4 Å². The fourth-order valence-electron chi connectivity index (χ4n) is 5.42. The molecule has 190 valence electrons. The van der Waals surface area contributed by atoms with Crippen molar-refractivity contribution in [2.24, 2.45) is 14.1 Å². The third kappa shape index (κ3) is 3.74. The summed E-state index contributed by atoms with van der Waals surface area (Å²) in [5, 5.41) is 11.4. The predicted molar refractivity (Wildman–Crippen MR) is 135 cm³/mol. The Hall–Kier alpha value is -3.73. The Morgan fingerprint density at radius 1 is 1.19 bits per heavy atom. The van der Waals surface area contributed by atoms with Gasteiger partial charge in [-0.15, -0.1) is 0 Å². The lowest BCUT2D eigenvalue weighted by Gasteiger charge is -2.43. The van der Waals surface area contributed by atoms with E-state index in [1.54, 1.807) is 23.4 Å². The molecule has 0 unspecified atom stereocenters. The average Bonchev–Trinajstić information content (AvgIpc) is 3.45. The average molecular weight is 494 g/mol. The van der Waals surface area contributed by atoms with E-state index in [-0.39, 0.29) is 23.6 Å². The molecule has 3 aromatic heterocycles. The number of fused-ring (bicyclic) bond motifs is 2. The van der Waals surface area contributed by atoms with Crippen LogP contribution < -0.4 is 11.2 Å². The lowest BCUT2D eigenvalue weighted by molar-refractivity contribution is -0.140. The zero-order chi connectivity index (χ0) is 25.8. The Balaban J connectivity index is 1.36. The normalized spacial score (nSPS) is 20.5. The SMILES string of the molecule is CCc1nc2ccccc2n1CCC(=O)N1CC[C@@H](n2cnc3c2c(=O)n(C)c(=O)n3C)[C@](C)(O)C1. The number of benzene rings is 1.